The first-order chi connectivity index (χ1) is 24.4. The van der Waals surface area contributed by atoms with Crippen molar-refractivity contribution >= 4 is 23.6 Å². The van der Waals surface area contributed by atoms with Gasteiger partial charge in [0.05, 0.1) is 11.6 Å². The molecular formula is C39H58N6O5. The first-order valence-electron chi connectivity index (χ1n) is 19.7. The normalized spacial score (nSPS) is 29.6. The Morgan fingerprint density at radius 1 is 0.800 bits per heavy atom. The van der Waals surface area contributed by atoms with E-state index in [1.165, 1.54) is 25.7 Å². The van der Waals surface area contributed by atoms with Crippen LogP contribution in [0.25, 0.3) is 0 Å². The predicted molar refractivity (Wildman–Crippen MR) is 190 cm³/mol. The van der Waals surface area contributed by atoms with Gasteiger partial charge < -0.3 is 30.1 Å². The fourth-order valence-corrected chi connectivity index (χ4v) is 10.0. The highest BCUT2D eigenvalue weighted by Gasteiger charge is 2.44. The molecule has 6 saturated heterocycles. The molecule has 2 N–H and O–H groups in total. The molecule has 7 fully saturated rings. The number of carbonyl (C=O) groups is 4. The van der Waals surface area contributed by atoms with Crippen molar-refractivity contribution in [2.45, 2.75) is 114 Å². The maximum atomic E-state index is 14.1. The zero-order valence-electron chi connectivity index (χ0n) is 29.9. The lowest BCUT2D eigenvalue weighted by Crippen LogP contribution is -2.61. The Balaban J connectivity index is 1.05. The van der Waals surface area contributed by atoms with E-state index in [-0.39, 0.29) is 48.7 Å². The van der Waals surface area contributed by atoms with Crippen molar-refractivity contribution in [1.82, 2.24) is 30.2 Å². The van der Waals surface area contributed by atoms with E-state index < -0.39 is 5.54 Å². The topological polar surface area (TPSA) is 115 Å². The maximum absolute atomic E-state index is 14.1. The number of nitrogens with zero attached hydrogens (tertiary/aromatic N) is 4. The largest absolute Gasteiger partial charge is 0.484 e. The summed E-state index contributed by atoms with van der Waals surface area (Å²) in [6, 6.07) is 10.1. The van der Waals surface area contributed by atoms with Gasteiger partial charge in [-0.05, 0) is 101 Å². The van der Waals surface area contributed by atoms with Crippen LogP contribution in [0.4, 0.5) is 0 Å². The molecule has 7 aliphatic rings. The molecule has 11 nitrogen and oxygen atoms in total. The SMILES string of the molecule is O=C1CC2(CCN(C(=O)COc3ccccc3)CC2)NC(=O)[C@@H]2CCCN2C2CCN(CC2)C(=O)C[C@@H]2CCN(C3CCCC3)C[C@@H]2CCN1. The Morgan fingerprint density at radius 3 is 2.32 bits per heavy atom. The fourth-order valence-electron chi connectivity index (χ4n) is 10.0. The molecule has 1 spiro atoms. The number of hydrogen-bond acceptors (Lipinski definition) is 7. The van der Waals surface area contributed by atoms with Crippen LogP contribution >= 0.6 is 0 Å². The maximum Gasteiger partial charge on any atom is 0.260 e. The number of fused-ring (bicyclic) bond motifs is 8. The van der Waals surface area contributed by atoms with E-state index in [0.717, 1.165) is 71.2 Å². The minimum atomic E-state index is -0.708. The van der Waals surface area contributed by atoms with Crippen LogP contribution in [-0.4, -0.2) is 126 Å². The van der Waals surface area contributed by atoms with E-state index in [1.807, 2.05) is 30.3 Å². The molecule has 274 valence electrons. The van der Waals surface area contributed by atoms with Gasteiger partial charge in [0.25, 0.3) is 5.91 Å². The molecule has 3 atom stereocenters. The van der Waals surface area contributed by atoms with Gasteiger partial charge in [0.15, 0.2) is 6.61 Å². The average molecular weight is 691 g/mol. The summed E-state index contributed by atoms with van der Waals surface area (Å²) >= 11 is 0. The van der Waals surface area contributed by atoms with Crippen LogP contribution in [0, 0.1) is 11.8 Å². The van der Waals surface area contributed by atoms with E-state index in [4.69, 9.17) is 4.74 Å². The van der Waals surface area contributed by atoms with E-state index in [0.29, 0.717) is 62.5 Å². The summed E-state index contributed by atoms with van der Waals surface area (Å²) in [5.74, 6) is 1.52. The second-order valence-electron chi connectivity index (χ2n) is 16.0. The number of nitrogens with one attached hydrogen (secondary N) is 2. The molecule has 1 saturated carbocycles. The molecule has 1 aliphatic carbocycles. The Bertz CT molecular complexity index is 1340. The number of piperidine rings is 3. The summed E-state index contributed by atoms with van der Waals surface area (Å²) in [7, 11) is 0. The quantitative estimate of drug-likeness (QED) is 0.499. The van der Waals surface area contributed by atoms with Gasteiger partial charge in [-0.15, -0.1) is 0 Å². The van der Waals surface area contributed by atoms with Crippen molar-refractivity contribution in [2.75, 3.05) is 59.0 Å². The first-order valence-corrected chi connectivity index (χ1v) is 19.7. The van der Waals surface area contributed by atoms with Gasteiger partial charge in [-0.1, -0.05) is 31.0 Å². The third-order valence-electron chi connectivity index (χ3n) is 13.0. The van der Waals surface area contributed by atoms with E-state index in [9.17, 15) is 19.2 Å². The molecule has 11 heteroatoms. The second kappa shape index (κ2) is 16.0. The van der Waals surface area contributed by atoms with Gasteiger partial charge in [-0.25, -0.2) is 0 Å². The third kappa shape index (κ3) is 8.30. The van der Waals surface area contributed by atoms with Crippen LogP contribution < -0.4 is 15.4 Å². The highest BCUT2D eigenvalue weighted by Crippen LogP contribution is 2.35. The molecule has 8 rings (SSSR count). The number of hydrogen-bond donors (Lipinski definition) is 2. The number of benzene rings is 1. The zero-order chi connectivity index (χ0) is 34.5. The lowest BCUT2D eigenvalue weighted by Gasteiger charge is -2.45. The predicted octanol–water partition coefficient (Wildman–Crippen LogP) is 3.18. The Labute approximate surface area is 297 Å². The molecule has 0 unspecified atom stereocenters. The van der Waals surface area contributed by atoms with Crippen LogP contribution in [0.5, 0.6) is 5.75 Å². The smallest absolute Gasteiger partial charge is 0.260 e. The number of carbonyl (C=O) groups excluding carboxylic acids is 4. The summed E-state index contributed by atoms with van der Waals surface area (Å²) in [5, 5.41) is 6.65. The molecule has 4 amide bonds. The van der Waals surface area contributed by atoms with Crippen molar-refractivity contribution in [1.29, 1.82) is 0 Å². The standard InChI is InChI=1S/C39H58N6O5/c46-35-26-39(16-23-43(24-17-39)37(48)28-50-33-9-2-1-3-10-33)41-38(49)34-11-6-19-45(34)32-14-21-42(22-15-32)36(47)25-29-13-20-44(31-7-4-5-8-31)27-30(29)12-18-40-35/h1-3,9-10,29-32,34H,4-8,11-28H2,(H,40,46)(H,41,49)/t29-,30-,34-/m0/s1. The number of para-hydroxylation sites is 1. The van der Waals surface area contributed by atoms with Crippen molar-refractivity contribution in [3.8, 4) is 5.75 Å². The summed E-state index contributed by atoms with van der Waals surface area (Å²) in [6.07, 6.45) is 12.5. The van der Waals surface area contributed by atoms with Gasteiger partial charge in [0.2, 0.25) is 17.7 Å². The number of amides is 4. The summed E-state index contributed by atoms with van der Waals surface area (Å²) in [5.41, 5.74) is -0.708. The zero-order valence-corrected chi connectivity index (χ0v) is 29.9. The molecule has 0 radical (unpaired) electrons. The minimum Gasteiger partial charge on any atom is -0.484 e. The average Bonchev–Trinajstić information content (AvgIpc) is 3.86. The number of rotatable bonds is 4. The molecule has 1 aromatic carbocycles. The van der Waals surface area contributed by atoms with Crippen LogP contribution in [-0.2, 0) is 19.2 Å². The molecule has 50 heavy (non-hydrogen) atoms. The Hall–Kier alpha value is -3.18. The van der Waals surface area contributed by atoms with Crippen molar-refractivity contribution in [3.05, 3.63) is 30.3 Å². The Kier molecular flexibility index (Phi) is 11.3. The van der Waals surface area contributed by atoms with Gasteiger partial charge in [-0.3, -0.25) is 24.1 Å². The second-order valence-corrected chi connectivity index (χ2v) is 16.0. The summed E-state index contributed by atoms with van der Waals surface area (Å²) in [4.78, 5) is 63.5. The first kappa shape index (κ1) is 35.2. The molecular weight excluding hydrogens is 632 g/mol. The van der Waals surface area contributed by atoms with Crippen molar-refractivity contribution in [2.24, 2.45) is 11.8 Å². The monoisotopic (exact) mass is 690 g/mol. The summed E-state index contributed by atoms with van der Waals surface area (Å²) < 4.78 is 5.74. The molecule has 6 heterocycles. The lowest BCUT2D eigenvalue weighted by molar-refractivity contribution is -0.138. The van der Waals surface area contributed by atoms with E-state index in [1.54, 1.807) is 4.90 Å². The van der Waals surface area contributed by atoms with Crippen LogP contribution in [0.2, 0.25) is 0 Å². The van der Waals surface area contributed by atoms with Crippen molar-refractivity contribution in [3.63, 3.8) is 0 Å². The minimum absolute atomic E-state index is 0.000777. The highest BCUT2D eigenvalue weighted by molar-refractivity contribution is 5.85. The summed E-state index contributed by atoms with van der Waals surface area (Å²) in [6.45, 7) is 5.95. The highest BCUT2D eigenvalue weighted by atomic mass is 16.5. The number of likely N-dealkylation sites (tertiary alicyclic amines) is 2. The Morgan fingerprint density at radius 2 is 1.56 bits per heavy atom. The van der Waals surface area contributed by atoms with Crippen molar-refractivity contribution < 1.29 is 23.9 Å². The molecule has 6 aliphatic heterocycles. The van der Waals surface area contributed by atoms with Crippen LogP contribution in [0.3, 0.4) is 0 Å². The van der Waals surface area contributed by atoms with Crippen LogP contribution in [0.15, 0.2) is 30.3 Å². The third-order valence-corrected chi connectivity index (χ3v) is 13.0. The number of ether oxygens (including phenoxy) is 1. The molecule has 2 bridgehead atoms. The lowest BCUT2D eigenvalue weighted by atomic mass is 9.80. The fraction of sp³-hybridized carbons (Fsp3) is 0.744. The van der Waals surface area contributed by atoms with Gasteiger partial charge in [0.1, 0.15) is 5.75 Å². The van der Waals surface area contributed by atoms with E-state index >= 15 is 0 Å². The molecule has 1 aromatic rings. The van der Waals surface area contributed by atoms with Gasteiger partial charge in [0, 0.05) is 64.2 Å². The molecule has 0 aromatic heterocycles. The van der Waals surface area contributed by atoms with E-state index in [2.05, 4.69) is 25.3 Å². The van der Waals surface area contributed by atoms with Gasteiger partial charge >= 0.3 is 0 Å². The van der Waals surface area contributed by atoms with Crippen LogP contribution in [0.1, 0.15) is 89.9 Å². The van der Waals surface area contributed by atoms with Gasteiger partial charge in [-0.2, -0.15) is 0 Å².